The molecule has 0 saturated carbocycles. The maximum absolute atomic E-state index is 11.3. The maximum atomic E-state index is 11.3. The smallest absolute Gasteiger partial charge is 0.329 e. The monoisotopic (exact) mass is 245 g/mol. The van der Waals surface area contributed by atoms with E-state index in [1.807, 2.05) is 6.92 Å². The summed E-state index contributed by atoms with van der Waals surface area (Å²) in [6, 6.07) is 0.106. The van der Waals surface area contributed by atoms with Crippen molar-refractivity contribution >= 4 is 11.9 Å². The molecule has 0 fully saturated rings. The largest absolute Gasteiger partial charge is 0.480 e. The Labute approximate surface area is 103 Å². The molecular formula is C12H23NO4. The Hall–Kier alpha value is -1.10. The summed E-state index contributed by atoms with van der Waals surface area (Å²) in [5.74, 6) is -0.650. The van der Waals surface area contributed by atoms with Crippen molar-refractivity contribution in [1.29, 1.82) is 0 Å². The van der Waals surface area contributed by atoms with Crippen LogP contribution in [-0.4, -0.2) is 36.2 Å². The molecule has 0 spiro atoms. The number of amides is 1. The van der Waals surface area contributed by atoms with E-state index in [1.165, 1.54) is 0 Å². The molecule has 0 aromatic heterocycles. The van der Waals surface area contributed by atoms with Gasteiger partial charge in [-0.05, 0) is 19.3 Å². The van der Waals surface area contributed by atoms with Gasteiger partial charge in [-0.25, -0.2) is 4.79 Å². The van der Waals surface area contributed by atoms with Crippen molar-refractivity contribution in [3.8, 4) is 0 Å². The number of nitrogens with one attached hydrogen (secondary N) is 1. The highest BCUT2D eigenvalue weighted by atomic mass is 16.5. The van der Waals surface area contributed by atoms with Crippen LogP contribution in [0.15, 0.2) is 0 Å². The Kier molecular flexibility index (Phi) is 8.40. The summed E-state index contributed by atoms with van der Waals surface area (Å²) < 4.78 is 4.69. The Bertz CT molecular complexity index is 241. The number of hydrogen-bond donors (Lipinski definition) is 2. The van der Waals surface area contributed by atoms with Gasteiger partial charge in [0.15, 0.2) is 0 Å². The quantitative estimate of drug-likeness (QED) is 0.644. The first-order valence-corrected chi connectivity index (χ1v) is 6.00. The van der Waals surface area contributed by atoms with E-state index in [0.717, 1.165) is 19.3 Å². The fraction of sp³-hybridized carbons (Fsp3) is 0.833. The topological polar surface area (TPSA) is 75.6 Å². The van der Waals surface area contributed by atoms with Crippen molar-refractivity contribution in [3.63, 3.8) is 0 Å². The number of ether oxygens (including phenoxy) is 1. The third-order valence-electron chi connectivity index (χ3n) is 2.28. The predicted molar refractivity (Wildman–Crippen MR) is 64.7 cm³/mol. The van der Waals surface area contributed by atoms with E-state index >= 15 is 0 Å². The number of aliphatic carboxylic acids is 1. The van der Waals surface area contributed by atoms with Gasteiger partial charge in [0.1, 0.15) is 13.2 Å². The van der Waals surface area contributed by atoms with E-state index in [2.05, 4.69) is 23.9 Å². The van der Waals surface area contributed by atoms with Crippen LogP contribution < -0.4 is 5.32 Å². The first-order valence-electron chi connectivity index (χ1n) is 6.00. The summed E-state index contributed by atoms with van der Waals surface area (Å²) in [6.07, 6.45) is 3.16. The molecule has 0 bridgehead atoms. The average Bonchev–Trinajstić information content (AvgIpc) is 2.15. The summed E-state index contributed by atoms with van der Waals surface area (Å²) in [4.78, 5) is 21.5. The minimum Gasteiger partial charge on any atom is -0.480 e. The van der Waals surface area contributed by atoms with Crippen LogP contribution in [0.1, 0.15) is 40.0 Å². The van der Waals surface area contributed by atoms with E-state index in [1.54, 1.807) is 0 Å². The number of carboxylic acids is 1. The molecule has 1 unspecified atom stereocenters. The summed E-state index contributed by atoms with van der Waals surface area (Å²) in [5, 5.41) is 11.1. The lowest BCUT2D eigenvalue weighted by Gasteiger charge is -2.14. The molecule has 0 aromatic carbocycles. The fourth-order valence-electron chi connectivity index (χ4n) is 1.45. The molecule has 1 atom stereocenters. The van der Waals surface area contributed by atoms with Crippen molar-refractivity contribution in [2.24, 2.45) is 5.92 Å². The molecular weight excluding hydrogens is 222 g/mol. The van der Waals surface area contributed by atoms with Gasteiger partial charge in [0.05, 0.1) is 0 Å². The van der Waals surface area contributed by atoms with Crippen LogP contribution in [0.3, 0.4) is 0 Å². The molecule has 0 aliphatic heterocycles. The van der Waals surface area contributed by atoms with E-state index in [-0.39, 0.29) is 18.6 Å². The normalized spacial score (nSPS) is 12.5. The number of carbonyl (C=O) groups is 2. The van der Waals surface area contributed by atoms with Crippen molar-refractivity contribution in [3.05, 3.63) is 0 Å². The summed E-state index contributed by atoms with van der Waals surface area (Å²) in [6.45, 7) is 5.65. The van der Waals surface area contributed by atoms with Crippen LogP contribution in [0, 0.1) is 5.92 Å². The third-order valence-corrected chi connectivity index (χ3v) is 2.28. The van der Waals surface area contributed by atoms with E-state index in [4.69, 9.17) is 5.11 Å². The van der Waals surface area contributed by atoms with Gasteiger partial charge in [0, 0.05) is 6.04 Å². The third kappa shape index (κ3) is 11.2. The first-order chi connectivity index (χ1) is 7.91. The minimum absolute atomic E-state index is 0.106. The van der Waals surface area contributed by atoms with Crippen molar-refractivity contribution in [2.45, 2.75) is 46.1 Å². The lowest BCUT2D eigenvalue weighted by molar-refractivity contribution is -0.143. The van der Waals surface area contributed by atoms with Crippen LogP contribution in [-0.2, 0) is 14.3 Å². The number of carbonyl (C=O) groups excluding carboxylic acids is 1. The number of rotatable bonds is 9. The molecule has 17 heavy (non-hydrogen) atoms. The molecule has 0 aromatic rings. The summed E-state index contributed by atoms with van der Waals surface area (Å²) in [5.41, 5.74) is 0. The zero-order chi connectivity index (χ0) is 13.3. The van der Waals surface area contributed by atoms with Gasteiger partial charge >= 0.3 is 5.97 Å². The molecule has 0 heterocycles. The maximum Gasteiger partial charge on any atom is 0.329 e. The SMILES string of the molecule is CC(C)CCCC(C)NC(=O)COCC(=O)O. The minimum atomic E-state index is -1.07. The zero-order valence-corrected chi connectivity index (χ0v) is 10.9. The van der Waals surface area contributed by atoms with Gasteiger partial charge in [-0.2, -0.15) is 0 Å². The van der Waals surface area contributed by atoms with Gasteiger partial charge in [-0.15, -0.1) is 0 Å². The highest BCUT2D eigenvalue weighted by Gasteiger charge is 2.08. The van der Waals surface area contributed by atoms with E-state index in [9.17, 15) is 9.59 Å². The van der Waals surface area contributed by atoms with Crippen molar-refractivity contribution < 1.29 is 19.4 Å². The van der Waals surface area contributed by atoms with Crippen LogP contribution in [0.25, 0.3) is 0 Å². The van der Waals surface area contributed by atoms with Gasteiger partial charge in [0.2, 0.25) is 5.91 Å². The number of carboxylic acid groups (broad SMARTS) is 1. The molecule has 0 saturated heterocycles. The fourth-order valence-corrected chi connectivity index (χ4v) is 1.45. The van der Waals surface area contributed by atoms with Crippen LogP contribution in [0.2, 0.25) is 0 Å². The Balaban J connectivity index is 3.55. The van der Waals surface area contributed by atoms with Crippen molar-refractivity contribution in [2.75, 3.05) is 13.2 Å². The predicted octanol–water partition coefficient (Wildman–Crippen LogP) is 1.42. The molecule has 5 heteroatoms. The second kappa shape index (κ2) is 8.98. The van der Waals surface area contributed by atoms with Gasteiger partial charge in [0.25, 0.3) is 0 Å². The van der Waals surface area contributed by atoms with Crippen LogP contribution >= 0.6 is 0 Å². The molecule has 0 radical (unpaired) electrons. The van der Waals surface area contributed by atoms with Gasteiger partial charge in [-0.1, -0.05) is 26.7 Å². The lowest BCUT2D eigenvalue weighted by Crippen LogP contribution is -2.35. The highest BCUT2D eigenvalue weighted by Crippen LogP contribution is 2.07. The average molecular weight is 245 g/mol. The molecule has 0 aliphatic rings. The second-order valence-electron chi connectivity index (χ2n) is 4.68. The summed E-state index contributed by atoms with van der Waals surface area (Å²) in [7, 11) is 0. The van der Waals surface area contributed by atoms with E-state index in [0.29, 0.717) is 5.92 Å². The second-order valence-corrected chi connectivity index (χ2v) is 4.68. The standard InChI is InChI=1S/C12H23NO4/c1-9(2)5-4-6-10(3)13-11(14)7-17-8-12(15)16/h9-10H,4-8H2,1-3H3,(H,13,14)(H,15,16). The Morgan fingerprint density at radius 1 is 1.18 bits per heavy atom. The lowest BCUT2D eigenvalue weighted by atomic mass is 10.0. The zero-order valence-electron chi connectivity index (χ0n) is 10.9. The van der Waals surface area contributed by atoms with Crippen molar-refractivity contribution in [1.82, 2.24) is 5.32 Å². The highest BCUT2D eigenvalue weighted by molar-refractivity contribution is 5.78. The van der Waals surface area contributed by atoms with Crippen LogP contribution in [0.5, 0.6) is 0 Å². The van der Waals surface area contributed by atoms with E-state index < -0.39 is 12.6 Å². The Morgan fingerprint density at radius 3 is 2.35 bits per heavy atom. The van der Waals surface area contributed by atoms with Crippen LogP contribution in [0.4, 0.5) is 0 Å². The Morgan fingerprint density at radius 2 is 1.82 bits per heavy atom. The first kappa shape index (κ1) is 15.9. The molecule has 0 rings (SSSR count). The molecule has 100 valence electrons. The number of hydrogen-bond acceptors (Lipinski definition) is 3. The summed E-state index contributed by atoms with van der Waals surface area (Å²) >= 11 is 0. The molecule has 0 aliphatic carbocycles. The molecule has 5 nitrogen and oxygen atoms in total. The van der Waals surface area contributed by atoms with Gasteiger partial charge in [-0.3, -0.25) is 4.79 Å². The van der Waals surface area contributed by atoms with Gasteiger partial charge < -0.3 is 15.2 Å². The molecule has 2 N–H and O–H groups in total. The molecule has 1 amide bonds.